The number of fused-ring (bicyclic) bond motifs is 6. The molecule has 8 heteroatoms. The first-order chi connectivity index (χ1) is 24.0. The van der Waals surface area contributed by atoms with E-state index in [2.05, 4.69) is 76.2 Å². The zero-order valence-corrected chi connectivity index (χ0v) is 36.2. The Balaban J connectivity index is 0.000000289. The van der Waals surface area contributed by atoms with Crippen molar-refractivity contribution in [3.8, 4) is 11.3 Å². The molecule has 281 valence electrons. The SMILES string of the molecule is CCC(C)(CC)C(=O)/C=C(\O)C(C)(CC)CC.Cc1c(CC(C)C)oc2ccc3c(oc4ncnc(-c5[c-]c6ccsc6c(C(C)(C)C)c5)c43)c12.[Ir]. The zero-order chi connectivity index (χ0) is 37.5. The number of carbonyl (C=O) groups is 1. The van der Waals surface area contributed by atoms with E-state index in [9.17, 15) is 9.90 Å². The molecule has 6 nitrogen and oxygen atoms in total. The van der Waals surface area contributed by atoms with Gasteiger partial charge in [-0.15, -0.1) is 23.6 Å². The number of carbonyl (C=O) groups excluding carboxylic acids is 1. The minimum absolute atomic E-state index is 0. The zero-order valence-electron chi connectivity index (χ0n) is 33.0. The van der Waals surface area contributed by atoms with Gasteiger partial charge in [-0.1, -0.05) is 87.3 Å². The molecule has 2 aromatic carbocycles. The maximum absolute atomic E-state index is 12.2. The van der Waals surface area contributed by atoms with Crippen molar-refractivity contribution in [2.75, 3.05) is 0 Å². The third-order valence-electron chi connectivity index (χ3n) is 11.2. The second kappa shape index (κ2) is 16.0. The molecule has 0 aliphatic rings. The first-order valence-corrected chi connectivity index (χ1v) is 19.4. The Kier molecular flexibility index (Phi) is 12.7. The summed E-state index contributed by atoms with van der Waals surface area (Å²) in [5.41, 5.74) is 5.93. The van der Waals surface area contributed by atoms with E-state index in [1.807, 2.05) is 47.6 Å². The molecule has 0 unspecified atom stereocenters. The van der Waals surface area contributed by atoms with Gasteiger partial charge in [0.15, 0.2) is 5.78 Å². The molecule has 0 fully saturated rings. The normalized spacial score (nSPS) is 12.9. The van der Waals surface area contributed by atoms with E-state index in [1.54, 1.807) is 17.7 Å². The molecule has 4 aromatic heterocycles. The Morgan fingerprint density at radius 1 is 0.942 bits per heavy atom. The Bertz CT molecular complexity index is 2220. The summed E-state index contributed by atoms with van der Waals surface area (Å²) >= 11 is 1.77. The molecule has 6 aromatic rings. The topological polar surface area (TPSA) is 89.4 Å². The number of thiophene rings is 1. The average molecular weight is 900 g/mol. The van der Waals surface area contributed by atoms with Crippen LogP contribution in [0.1, 0.15) is 119 Å². The number of aliphatic hydroxyl groups excluding tert-OH is 1. The van der Waals surface area contributed by atoms with Crippen LogP contribution in [-0.4, -0.2) is 20.9 Å². The predicted molar refractivity (Wildman–Crippen MR) is 214 cm³/mol. The van der Waals surface area contributed by atoms with Crippen molar-refractivity contribution in [1.82, 2.24) is 9.97 Å². The first kappa shape index (κ1) is 41.4. The molecule has 0 saturated heterocycles. The molecule has 1 N–H and O–H groups in total. The second-order valence-electron chi connectivity index (χ2n) is 16.0. The summed E-state index contributed by atoms with van der Waals surface area (Å²) in [4.78, 5) is 21.4. The van der Waals surface area contributed by atoms with Crippen LogP contribution in [0.2, 0.25) is 0 Å². The largest absolute Gasteiger partial charge is 0.512 e. The van der Waals surface area contributed by atoms with Crippen molar-refractivity contribution >= 4 is 60.2 Å². The Hall–Kier alpha value is -3.32. The molecule has 0 spiro atoms. The Morgan fingerprint density at radius 3 is 2.19 bits per heavy atom. The summed E-state index contributed by atoms with van der Waals surface area (Å²) < 4.78 is 13.9. The fourth-order valence-electron chi connectivity index (χ4n) is 6.59. The van der Waals surface area contributed by atoms with Gasteiger partial charge < -0.3 is 13.9 Å². The number of furan rings is 2. The van der Waals surface area contributed by atoms with Gasteiger partial charge in [0.1, 0.15) is 29.0 Å². The molecule has 6 rings (SSSR count). The number of allylic oxidation sites excluding steroid dienone is 2. The van der Waals surface area contributed by atoms with Gasteiger partial charge in [-0.3, -0.25) is 9.78 Å². The van der Waals surface area contributed by atoms with Crippen LogP contribution in [-0.2, 0) is 36.7 Å². The summed E-state index contributed by atoms with van der Waals surface area (Å²) in [7, 11) is 0. The number of aromatic nitrogens is 2. The number of nitrogens with zero attached hydrogens (tertiary/aromatic N) is 2. The van der Waals surface area contributed by atoms with Gasteiger partial charge in [0.05, 0.1) is 5.39 Å². The van der Waals surface area contributed by atoms with Crippen molar-refractivity contribution in [1.29, 1.82) is 0 Å². The minimum atomic E-state index is -0.337. The molecule has 0 bridgehead atoms. The van der Waals surface area contributed by atoms with Crippen molar-refractivity contribution in [3.05, 3.63) is 70.8 Å². The van der Waals surface area contributed by atoms with Gasteiger partial charge in [0, 0.05) is 65.5 Å². The second-order valence-corrected chi connectivity index (χ2v) is 16.9. The standard InChI is InChI=1S/C29H27N2O2S.C15H28O2.Ir/c1-15(2)11-22-16(3)23-21(32-22)8-7-19-24-25(30-14-31-28(24)33-26(19)23)18-12-17-9-10-34-27(17)20(13-18)29(4,5)6;1-7-14(5,8-2)12(16)11-13(17)15(6,9-3)10-4;/h7-10,13-15H,11H2,1-6H3;11,16H,7-10H2,1-6H3;/q-1;;/b;12-11-;. The van der Waals surface area contributed by atoms with E-state index < -0.39 is 0 Å². The van der Waals surface area contributed by atoms with Crippen LogP contribution in [0, 0.1) is 29.7 Å². The van der Waals surface area contributed by atoms with Crippen LogP contribution in [0.4, 0.5) is 0 Å². The predicted octanol–water partition coefficient (Wildman–Crippen LogP) is 13.3. The van der Waals surface area contributed by atoms with Crippen LogP contribution in [0.15, 0.2) is 56.6 Å². The number of ketones is 1. The average Bonchev–Trinajstić information content (AvgIpc) is 3.81. The molecule has 0 aliphatic carbocycles. The number of aliphatic hydroxyl groups is 1. The summed E-state index contributed by atoms with van der Waals surface area (Å²) in [5, 5.41) is 16.4. The molecular formula is C44H55IrN2O4S-. The summed E-state index contributed by atoms with van der Waals surface area (Å²) in [6.07, 6.45) is 7.24. The van der Waals surface area contributed by atoms with E-state index in [4.69, 9.17) is 13.8 Å². The number of rotatable bonds is 10. The minimum Gasteiger partial charge on any atom is -0.512 e. The monoisotopic (exact) mass is 900 g/mol. The molecular weight excluding hydrogens is 845 g/mol. The molecule has 0 saturated carbocycles. The van der Waals surface area contributed by atoms with E-state index in [0.29, 0.717) is 11.6 Å². The van der Waals surface area contributed by atoms with Gasteiger partial charge in [0.2, 0.25) is 5.71 Å². The van der Waals surface area contributed by atoms with Crippen LogP contribution < -0.4 is 0 Å². The fraction of sp³-hybridized carbons (Fsp3) is 0.477. The first-order valence-electron chi connectivity index (χ1n) is 18.5. The molecule has 0 atom stereocenters. The number of aryl methyl sites for hydroxylation is 1. The number of hydrogen-bond acceptors (Lipinski definition) is 7. The van der Waals surface area contributed by atoms with Crippen molar-refractivity contribution in [2.45, 2.75) is 121 Å². The molecule has 4 heterocycles. The number of hydrogen-bond donors (Lipinski definition) is 1. The molecule has 1 radical (unpaired) electrons. The third-order valence-corrected chi connectivity index (χ3v) is 12.1. The third kappa shape index (κ3) is 7.81. The fourth-order valence-corrected chi connectivity index (χ4v) is 7.67. The van der Waals surface area contributed by atoms with Gasteiger partial charge in [-0.25, -0.2) is 4.98 Å². The van der Waals surface area contributed by atoms with Crippen LogP contribution in [0.25, 0.3) is 54.4 Å². The van der Waals surface area contributed by atoms with Gasteiger partial charge in [-0.2, -0.15) is 11.3 Å². The summed E-state index contributed by atoms with van der Waals surface area (Å²) in [5.74, 6) is 1.83. The molecule has 0 amide bonds. The molecule has 0 aliphatic heterocycles. The van der Waals surface area contributed by atoms with Gasteiger partial charge >= 0.3 is 0 Å². The van der Waals surface area contributed by atoms with E-state index in [0.717, 1.165) is 87.4 Å². The van der Waals surface area contributed by atoms with Crippen LogP contribution >= 0.6 is 11.3 Å². The number of benzene rings is 2. The quantitative estimate of drug-likeness (QED) is 0.0837. The van der Waals surface area contributed by atoms with Crippen LogP contribution in [0.3, 0.4) is 0 Å². The summed E-state index contributed by atoms with van der Waals surface area (Å²) in [6.45, 7) is 25.4. The Morgan fingerprint density at radius 2 is 1.60 bits per heavy atom. The maximum Gasteiger partial charge on any atom is 0.223 e. The summed E-state index contributed by atoms with van der Waals surface area (Å²) in [6, 6.07) is 12.1. The van der Waals surface area contributed by atoms with E-state index in [-0.39, 0.29) is 47.9 Å². The van der Waals surface area contributed by atoms with Gasteiger partial charge in [0.25, 0.3) is 0 Å². The smallest absolute Gasteiger partial charge is 0.223 e. The van der Waals surface area contributed by atoms with Gasteiger partial charge in [-0.05, 0) is 66.2 Å². The van der Waals surface area contributed by atoms with E-state index in [1.165, 1.54) is 16.3 Å². The van der Waals surface area contributed by atoms with Crippen molar-refractivity contribution in [2.24, 2.45) is 16.7 Å². The van der Waals surface area contributed by atoms with Crippen molar-refractivity contribution in [3.63, 3.8) is 0 Å². The van der Waals surface area contributed by atoms with E-state index >= 15 is 0 Å². The van der Waals surface area contributed by atoms with Crippen molar-refractivity contribution < 1.29 is 38.8 Å². The maximum atomic E-state index is 12.2. The Labute approximate surface area is 326 Å². The molecule has 52 heavy (non-hydrogen) atoms. The van der Waals surface area contributed by atoms with Crippen LogP contribution in [0.5, 0.6) is 0 Å².